The predicted molar refractivity (Wildman–Crippen MR) is 144 cm³/mol. The molecule has 0 unspecified atom stereocenters. The molecule has 1 aliphatic rings. The molecule has 202 valence electrons. The van der Waals surface area contributed by atoms with E-state index in [2.05, 4.69) is 20.3 Å². The van der Waals surface area contributed by atoms with E-state index in [1.165, 1.54) is 30.7 Å². The first-order chi connectivity index (χ1) is 18.7. The molecule has 3 heterocycles. The monoisotopic (exact) mass is 554 g/mol. The van der Waals surface area contributed by atoms with Crippen molar-refractivity contribution >= 4 is 23.2 Å². The molecule has 11 heteroatoms. The van der Waals surface area contributed by atoms with Gasteiger partial charge in [-0.1, -0.05) is 35.9 Å². The van der Waals surface area contributed by atoms with Gasteiger partial charge in [0.1, 0.15) is 5.69 Å². The molecule has 0 saturated carbocycles. The molecular formula is C28H26ClF3N6O. The number of aromatic nitrogens is 3. The lowest BCUT2D eigenvalue weighted by Crippen LogP contribution is -2.46. The van der Waals surface area contributed by atoms with Gasteiger partial charge in [0.2, 0.25) is 0 Å². The molecule has 7 nitrogen and oxygen atoms in total. The molecule has 2 aromatic heterocycles. The molecule has 0 aliphatic carbocycles. The number of carbonyl (C=O) groups excluding carboxylic acids is 1. The molecule has 1 aliphatic heterocycles. The summed E-state index contributed by atoms with van der Waals surface area (Å²) < 4.78 is 42.4. The quantitative estimate of drug-likeness (QED) is 0.334. The summed E-state index contributed by atoms with van der Waals surface area (Å²) >= 11 is 6.13. The summed E-state index contributed by atoms with van der Waals surface area (Å²) in [5, 5.41) is 0.592. The fourth-order valence-electron chi connectivity index (χ4n) is 4.84. The summed E-state index contributed by atoms with van der Waals surface area (Å²) in [7, 11) is 0. The van der Waals surface area contributed by atoms with Crippen LogP contribution in [0.25, 0.3) is 11.3 Å². The number of piperazine rings is 1. The number of rotatable bonds is 6. The largest absolute Gasteiger partial charge is 0.418 e. The van der Waals surface area contributed by atoms with Gasteiger partial charge in [-0.05, 0) is 42.8 Å². The van der Waals surface area contributed by atoms with Gasteiger partial charge in [0.25, 0.3) is 5.91 Å². The first-order valence-electron chi connectivity index (χ1n) is 12.4. The molecule has 0 spiro atoms. The summed E-state index contributed by atoms with van der Waals surface area (Å²) in [5.41, 5.74) is 6.14. The van der Waals surface area contributed by atoms with E-state index in [0.717, 1.165) is 28.6 Å². The Morgan fingerprint density at radius 1 is 1.03 bits per heavy atom. The molecular weight excluding hydrogens is 529 g/mol. The lowest BCUT2D eigenvalue weighted by atomic mass is 10.1. The average molecular weight is 555 g/mol. The lowest BCUT2D eigenvalue weighted by Gasteiger charge is -2.37. The van der Waals surface area contributed by atoms with Crippen LogP contribution < -0.4 is 10.3 Å². The Labute approximate surface area is 228 Å². The Balaban J connectivity index is 1.38. The number of hydrogen-bond donors (Lipinski definition) is 1. The van der Waals surface area contributed by atoms with Gasteiger partial charge in [0, 0.05) is 67.1 Å². The van der Waals surface area contributed by atoms with E-state index in [1.807, 2.05) is 25.1 Å². The van der Waals surface area contributed by atoms with E-state index in [4.69, 9.17) is 11.6 Å². The van der Waals surface area contributed by atoms with Gasteiger partial charge in [-0.2, -0.15) is 13.2 Å². The number of halogens is 4. The Kier molecular flexibility index (Phi) is 7.58. The van der Waals surface area contributed by atoms with Crippen molar-refractivity contribution in [2.24, 2.45) is 0 Å². The Hall–Kier alpha value is -3.89. The van der Waals surface area contributed by atoms with Crippen LogP contribution in [0.2, 0.25) is 5.02 Å². The Morgan fingerprint density at radius 3 is 2.41 bits per heavy atom. The second-order valence-corrected chi connectivity index (χ2v) is 9.75. The van der Waals surface area contributed by atoms with Crippen molar-refractivity contribution in [2.75, 3.05) is 36.5 Å². The maximum Gasteiger partial charge on any atom is 0.418 e. The van der Waals surface area contributed by atoms with Crippen molar-refractivity contribution in [2.45, 2.75) is 19.6 Å². The molecule has 1 amide bonds. The van der Waals surface area contributed by atoms with Crippen molar-refractivity contribution in [1.29, 1.82) is 0 Å². The maximum absolute atomic E-state index is 13.6. The zero-order chi connectivity index (χ0) is 27.6. The molecule has 0 atom stereocenters. The van der Waals surface area contributed by atoms with Crippen LogP contribution in [0.3, 0.4) is 0 Å². The Morgan fingerprint density at radius 2 is 1.74 bits per heavy atom. The van der Waals surface area contributed by atoms with Crippen molar-refractivity contribution < 1.29 is 18.0 Å². The van der Waals surface area contributed by atoms with E-state index >= 15 is 0 Å². The molecule has 0 bridgehead atoms. The number of carbonyl (C=O) groups is 1. The van der Waals surface area contributed by atoms with Crippen molar-refractivity contribution in [1.82, 2.24) is 19.5 Å². The number of hydrogen-bond acceptors (Lipinski definition) is 5. The third-order valence-corrected chi connectivity index (χ3v) is 6.96. The topological polar surface area (TPSA) is 66.3 Å². The van der Waals surface area contributed by atoms with Gasteiger partial charge in [0.05, 0.1) is 17.5 Å². The van der Waals surface area contributed by atoms with Gasteiger partial charge < -0.3 is 4.90 Å². The van der Waals surface area contributed by atoms with E-state index < -0.39 is 17.6 Å². The number of nitrogens with one attached hydrogen (secondary N) is 1. The fraction of sp³-hybridized carbons (Fsp3) is 0.250. The molecule has 1 fully saturated rings. The molecule has 1 saturated heterocycles. The van der Waals surface area contributed by atoms with Gasteiger partial charge in [0.15, 0.2) is 0 Å². The second kappa shape index (κ2) is 11.1. The smallest absolute Gasteiger partial charge is 0.368 e. The van der Waals surface area contributed by atoms with Crippen LogP contribution in [-0.2, 0) is 12.7 Å². The summed E-state index contributed by atoms with van der Waals surface area (Å²) in [5.74, 6) is -0.402. The highest BCUT2D eigenvalue weighted by atomic mass is 35.5. The van der Waals surface area contributed by atoms with E-state index in [9.17, 15) is 18.0 Å². The van der Waals surface area contributed by atoms with Crippen LogP contribution in [0.5, 0.6) is 0 Å². The SMILES string of the molecule is Cc1cc(CN2CCN(c3ccccc3C(F)(F)F)CC2)c(-c2ccc(Cl)cc2)n1NC(=O)c1cnccn1. The molecule has 1 N–H and O–H groups in total. The zero-order valence-electron chi connectivity index (χ0n) is 21.1. The van der Waals surface area contributed by atoms with Crippen LogP contribution in [0.15, 0.2) is 73.2 Å². The summed E-state index contributed by atoms with van der Waals surface area (Å²) in [4.78, 5) is 25.0. The normalized spacial score (nSPS) is 14.4. The number of alkyl halides is 3. The second-order valence-electron chi connectivity index (χ2n) is 9.31. The van der Waals surface area contributed by atoms with Crippen LogP contribution in [0, 0.1) is 6.92 Å². The summed E-state index contributed by atoms with van der Waals surface area (Å²) in [6.07, 6.45) is -0.0585. The van der Waals surface area contributed by atoms with E-state index in [0.29, 0.717) is 37.7 Å². The third kappa shape index (κ3) is 5.91. The van der Waals surface area contributed by atoms with Crippen molar-refractivity contribution in [3.63, 3.8) is 0 Å². The number of anilines is 1. The third-order valence-electron chi connectivity index (χ3n) is 6.71. The highest BCUT2D eigenvalue weighted by Gasteiger charge is 2.35. The minimum Gasteiger partial charge on any atom is -0.368 e. The first-order valence-corrected chi connectivity index (χ1v) is 12.8. The van der Waals surface area contributed by atoms with Gasteiger partial charge in [-0.25, -0.2) is 4.98 Å². The number of nitrogens with zero attached hydrogens (tertiary/aromatic N) is 5. The standard InChI is InChI=1S/C28H26ClF3N6O/c1-19-16-21(18-36-12-14-37(15-13-36)25-5-3-2-4-23(25)28(30,31)32)26(20-6-8-22(29)9-7-20)38(19)35-27(39)24-17-33-10-11-34-24/h2-11,16-17H,12-15,18H2,1H3,(H,35,39). The molecule has 4 aromatic rings. The van der Waals surface area contributed by atoms with E-state index in [1.54, 1.807) is 27.8 Å². The highest BCUT2D eigenvalue weighted by molar-refractivity contribution is 6.30. The molecule has 2 aromatic carbocycles. The first kappa shape index (κ1) is 26.7. The summed E-state index contributed by atoms with van der Waals surface area (Å²) in [6.45, 7) is 4.55. The van der Waals surface area contributed by atoms with Gasteiger partial charge in [-0.15, -0.1) is 0 Å². The van der Waals surface area contributed by atoms with Crippen molar-refractivity contribution in [3.05, 3.63) is 101 Å². The van der Waals surface area contributed by atoms with Crippen LogP contribution in [0.1, 0.15) is 27.3 Å². The molecule has 0 radical (unpaired) electrons. The van der Waals surface area contributed by atoms with E-state index in [-0.39, 0.29) is 11.4 Å². The number of para-hydroxylation sites is 1. The number of amides is 1. The van der Waals surface area contributed by atoms with Crippen LogP contribution in [-0.4, -0.2) is 51.6 Å². The highest BCUT2D eigenvalue weighted by Crippen LogP contribution is 2.37. The Bertz CT molecular complexity index is 1450. The lowest BCUT2D eigenvalue weighted by molar-refractivity contribution is -0.137. The predicted octanol–water partition coefficient (Wildman–Crippen LogP) is 5.63. The average Bonchev–Trinajstić information content (AvgIpc) is 3.23. The minimum absolute atomic E-state index is 0.185. The van der Waals surface area contributed by atoms with Crippen molar-refractivity contribution in [3.8, 4) is 11.3 Å². The molecule has 5 rings (SSSR count). The van der Waals surface area contributed by atoms with Crippen LogP contribution in [0.4, 0.5) is 18.9 Å². The van der Waals surface area contributed by atoms with Crippen LogP contribution >= 0.6 is 11.6 Å². The summed E-state index contributed by atoms with van der Waals surface area (Å²) in [6, 6.07) is 15.1. The number of benzene rings is 2. The maximum atomic E-state index is 13.6. The number of aryl methyl sites for hydroxylation is 1. The minimum atomic E-state index is -4.41. The van der Waals surface area contributed by atoms with Gasteiger partial charge >= 0.3 is 6.18 Å². The van der Waals surface area contributed by atoms with Gasteiger partial charge in [-0.3, -0.25) is 24.8 Å². The fourth-order valence-corrected chi connectivity index (χ4v) is 4.97. The zero-order valence-corrected chi connectivity index (χ0v) is 21.9. The molecule has 39 heavy (non-hydrogen) atoms.